The Hall–Kier alpha value is -2.64. The van der Waals surface area contributed by atoms with Gasteiger partial charge in [-0.3, -0.25) is 19.4 Å². The van der Waals surface area contributed by atoms with Gasteiger partial charge in [0.05, 0.1) is 23.4 Å². The molecule has 0 aliphatic carbocycles. The van der Waals surface area contributed by atoms with Crippen LogP contribution in [0.4, 0.5) is 4.39 Å². The number of likely N-dealkylation sites (tertiary alicyclic amines) is 2. The summed E-state index contributed by atoms with van der Waals surface area (Å²) in [4.78, 5) is 29.1. The molecule has 29 heavy (non-hydrogen) atoms. The molecule has 2 aromatic rings. The number of benzene rings is 2. The summed E-state index contributed by atoms with van der Waals surface area (Å²) in [5, 5.41) is 0.0801. The van der Waals surface area contributed by atoms with Crippen LogP contribution in [0, 0.1) is 17.7 Å². The van der Waals surface area contributed by atoms with Crippen molar-refractivity contribution in [2.75, 3.05) is 19.9 Å². The minimum atomic E-state index is -0.467. The fourth-order valence-corrected chi connectivity index (χ4v) is 4.42. The largest absolute Gasteiger partial charge is 0.454 e. The molecule has 2 fully saturated rings. The number of rotatable bonds is 4. The minimum absolute atomic E-state index is 0.0801. The molecule has 0 N–H and O–H groups in total. The van der Waals surface area contributed by atoms with E-state index < -0.39 is 5.82 Å². The zero-order valence-electron chi connectivity index (χ0n) is 15.4. The number of nitrogens with zero attached hydrogens (tertiary/aromatic N) is 2. The molecule has 3 aliphatic heterocycles. The first-order valence-corrected chi connectivity index (χ1v) is 9.77. The number of carbonyl (C=O) groups is 2. The van der Waals surface area contributed by atoms with Crippen molar-refractivity contribution < 1.29 is 23.5 Å². The zero-order chi connectivity index (χ0) is 20.1. The summed E-state index contributed by atoms with van der Waals surface area (Å²) in [5.41, 5.74) is 1.59. The number of imide groups is 1. The molecular weight excluding hydrogens is 399 g/mol. The fourth-order valence-electron chi connectivity index (χ4n) is 4.30. The summed E-state index contributed by atoms with van der Waals surface area (Å²) < 4.78 is 24.3. The van der Waals surface area contributed by atoms with Crippen molar-refractivity contribution in [3.63, 3.8) is 0 Å². The van der Waals surface area contributed by atoms with E-state index in [0.717, 1.165) is 11.1 Å². The lowest BCUT2D eigenvalue weighted by molar-refractivity contribution is -0.141. The summed E-state index contributed by atoms with van der Waals surface area (Å²) in [5.74, 6) is -0.181. The van der Waals surface area contributed by atoms with Crippen molar-refractivity contribution in [2.24, 2.45) is 11.8 Å². The first-order chi connectivity index (χ1) is 14.0. The number of halogens is 2. The van der Waals surface area contributed by atoms with Gasteiger partial charge in [0.1, 0.15) is 5.82 Å². The predicted molar refractivity (Wildman–Crippen MR) is 102 cm³/mol. The van der Waals surface area contributed by atoms with E-state index in [0.29, 0.717) is 31.1 Å². The van der Waals surface area contributed by atoms with Gasteiger partial charge in [0, 0.05) is 19.6 Å². The first-order valence-electron chi connectivity index (χ1n) is 9.39. The van der Waals surface area contributed by atoms with Gasteiger partial charge in [-0.2, -0.15) is 0 Å². The smallest absolute Gasteiger partial charge is 0.234 e. The van der Waals surface area contributed by atoms with E-state index in [1.54, 1.807) is 18.2 Å². The zero-order valence-corrected chi connectivity index (χ0v) is 16.2. The summed E-state index contributed by atoms with van der Waals surface area (Å²) >= 11 is 5.73. The van der Waals surface area contributed by atoms with E-state index in [4.69, 9.17) is 21.1 Å². The Bertz CT molecular complexity index is 990. The fraction of sp³-hybridized carbons (Fsp3) is 0.333. The van der Waals surface area contributed by atoms with Gasteiger partial charge in [0.2, 0.25) is 18.6 Å². The molecule has 0 aromatic heterocycles. The molecule has 0 radical (unpaired) electrons. The van der Waals surface area contributed by atoms with Gasteiger partial charge in [-0.05, 0) is 35.4 Å². The molecule has 6 nitrogen and oxygen atoms in total. The molecule has 5 rings (SSSR count). The van der Waals surface area contributed by atoms with Crippen LogP contribution in [-0.2, 0) is 22.7 Å². The molecule has 0 bridgehead atoms. The van der Waals surface area contributed by atoms with Crippen LogP contribution < -0.4 is 9.47 Å². The Morgan fingerprint density at radius 2 is 1.59 bits per heavy atom. The molecule has 0 unspecified atom stereocenters. The van der Waals surface area contributed by atoms with Crippen LogP contribution in [0.15, 0.2) is 36.4 Å². The van der Waals surface area contributed by atoms with Crippen LogP contribution >= 0.6 is 11.6 Å². The number of carbonyl (C=O) groups excluding carboxylic acids is 2. The molecule has 2 amide bonds. The summed E-state index contributed by atoms with van der Waals surface area (Å²) in [6.45, 7) is 1.85. The highest BCUT2D eigenvalue weighted by Gasteiger charge is 2.52. The van der Waals surface area contributed by atoms with Gasteiger partial charge in [-0.25, -0.2) is 4.39 Å². The molecule has 2 aromatic carbocycles. The van der Waals surface area contributed by atoms with E-state index in [1.165, 1.54) is 17.0 Å². The minimum Gasteiger partial charge on any atom is -0.454 e. The third-order valence-electron chi connectivity index (χ3n) is 5.73. The highest BCUT2D eigenvalue weighted by Crippen LogP contribution is 2.37. The summed E-state index contributed by atoms with van der Waals surface area (Å²) in [6.07, 6.45) is 0. The normalized spacial score (nSPS) is 23.2. The Morgan fingerprint density at radius 1 is 0.931 bits per heavy atom. The van der Waals surface area contributed by atoms with Gasteiger partial charge >= 0.3 is 0 Å². The van der Waals surface area contributed by atoms with E-state index in [1.807, 2.05) is 11.0 Å². The molecule has 8 heteroatoms. The molecule has 3 aliphatic rings. The SMILES string of the molecule is O=C1[C@H]2CN(Cc3ccc(Cl)c(F)c3)C[C@H]2C(=O)N1Cc1ccc2c(c1)OCO2. The van der Waals surface area contributed by atoms with Gasteiger partial charge < -0.3 is 9.47 Å². The van der Waals surface area contributed by atoms with Crippen molar-refractivity contribution >= 4 is 23.4 Å². The molecule has 150 valence electrons. The lowest BCUT2D eigenvalue weighted by Gasteiger charge is -2.21. The quantitative estimate of drug-likeness (QED) is 0.717. The topological polar surface area (TPSA) is 59.1 Å². The van der Waals surface area contributed by atoms with Crippen molar-refractivity contribution in [1.29, 1.82) is 0 Å². The molecule has 3 heterocycles. The highest BCUT2D eigenvalue weighted by atomic mass is 35.5. The second-order valence-electron chi connectivity index (χ2n) is 7.61. The summed E-state index contributed by atoms with van der Waals surface area (Å²) in [6, 6.07) is 10.1. The standard InChI is InChI=1S/C21H18ClFN2O4/c22-16-3-1-12(5-17(16)23)7-24-9-14-15(10-24)21(27)25(20(14)26)8-13-2-4-18-19(6-13)29-11-28-18/h1-6,14-15H,7-11H2/t14-,15+. The van der Waals surface area contributed by atoms with Gasteiger partial charge in [0.15, 0.2) is 11.5 Å². The number of hydrogen-bond acceptors (Lipinski definition) is 5. The lowest BCUT2D eigenvalue weighted by Crippen LogP contribution is -2.35. The second-order valence-corrected chi connectivity index (χ2v) is 8.01. The Labute approximate surface area is 171 Å². The van der Waals surface area contributed by atoms with Crippen molar-refractivity contribution in [3.05, 3.63) is 58.4 Å². The predicted octanol–water partition coefficient (Wildman–Crippen LogP) is 2.82. The Morgan fingerprint density at radius 3 is 2.31 bits per heavy atom. The molecular formula is C21H18ClFN2O4. The van der Waals surface area contributed by atoms with E-state index in [2.05, 4.69) is 0 Å². The van der Waals surface area contributed by atoms with Crippen LogP contribution in [0.1, 0.15) is 11.1 Å². The Kier molecular flexibility index (Phi) is 4.44. The highest BCUT2D eigenvalue weighted by molar-refractivity contribution is 6.30. The Balaban J connectivity index is 1.26. The van der Waals surface area contributed by atoms with Crippen molar-refractivity contribution in [1.82, 2.24) is 9.80 Å². The number of fused-ring (bicyclic) bond motifs is 2. The summed E-state index contributed by atoms with van der Waals surface area (Å²) in [7, 11) is 0. The monoisotopic (exact) mass is 416 g/mol. The molecule has 0 spiro atoms. The number of hydrogen-bond donors (Lipinski definition) is 0. The second kappa shape index (κ2) is 7.00. The lowest BCUT2D eigenvalue weighted by atomic mass is 10.00. The number of amides is 2. The molecule has 2 saturated heterocycles. The third kappa shape index (κ3) is 3.24. The van der Waals surface area contributed by atoms with Crippen LogP contribution in [0.2, 0.25) is 5.02 Å². The van der Waals surface area contributed by atoms with Crippen LogP contribution in [0.5, 0.6) is 11.5 Å². The van der Waals surface area contributed by atoms with Crippen molar-refractivity contribution in [2.45, 2.75) is 13.1 Å². The van der Waals surface area contributed by atoms with Gasteiger partial charge in [0.25, 0.3) is 0 Å². The van der Waals surface area contributed by atoms with Crippen molar-refractivity contribution in [3.8, 4) is 11.5 Å². The average Bonchev–Trinajstić information content (AvgIpc) is 3.38. The number of ether oxygens (including phenoxy) is 2. The molecule has 2 atom stereocenters. The van der Waals surface area contributed by atoms with Crippen LogP contribution in [0.3, 0.4) is 0 Å². The third-order valence-corrected chi connectivity index (χ3v) is 6.04. The maximum absolute atomic E-state index is 13.7. The maximum Gasteiger partial charge on any atom is 0.234 e. The average molecular weight is 417 g/mol. The van der Waals surface area contributed by atoms with Gasteiger partial charge in [-0.1, -0.05) is 23.7 Å². The first kappa shape index (κ1) is 18.4. The van der Waals surface area contributed by atoms with Gasteiger partial charge in [-0.15, -0.1) is 0 Å². The maximum atomic E-state index is 13.7. The molecule has 0 saturated carbocycles. The van der Waals surface area contributed by atoms with Crippen LogP contribution in [-0.4, -0.2) is 41.5 Å². The van der Waals surface area contributed by atoms with E-state index in [9.17, 15) is 14.0 Å². The van der Waals surface area contributed by atoms with Crippen LogP contribution in [0.25, 0.3) is 0 Å². The van der Waals surface area contributed by atoms with E-state index in [-0.39, 0.29) is 42.0 Å². The van der Waals surface area contributed by atoms with E-state index >= 15 is 0 Å².